The third-order valence-corrected chi connectivity index (χ3v) is 3.95. The molecule has 3 rings (SSSR count). The van der Waals surface area contributed by atoms with Crippen LogP contribution in [0.1, 0.15) is 20.8 Å². The lowest BCUT2D eigenvalue weighted by Crippen LogP contribution is -2.31. The number of carbonyl (C=O) groups excluding carboxylic acids is 2. The summed E-state index contributed by atoms with van der Waals surface area (Å²) in [6, 6.07) is 13.2. The van der Waals surface area contributed by atoms with Gasteiger partial charge in [0.1, 0.15) is 17.3 Å². The van der Waals surface area contributed by atoms with Gasteiger partial charge in [-0.05, 0) is 54.6 Å². The first kappa shape index (κ1) is 19.0. The van der Waals surface area contributed by atoms with Gasteiger partial charge in [-0.2, -0.15) is 4.98 Å². The molecule has 0 spiro atoms. The van der Waals surface area contributed by atoms with Crippen molar-refractivity contribution in [3.63, 3.8) is 0 Å². The quantitative estimate of drug-likeness (QED) is 0.638. The Morgan fingerprint density at radius 2 is 1.79 bits per heavy atom. The Kier molecular flexibility index (Phi) is 5.59. The number of hydrogen-bond acceptors (Lipinski definition) is 5. The number of hydrogen-bond donors (Lipinski definition) is 2. The molecule has 0 aliphatic heterocycles. The number of amides is 1. The van der Waals surface area contributed by atoms with Crippen LogP contribution in [0.5, 0.6) is 5.75 Å². The molecule has 1 aromatic heterocycles. The highest BCUT2D eigenvalue weighted by Gasteiger charge is 2.13. The number of aromatic amines is 1. The molecule has 2 aromatic carbocycles. The summed E-state index contributed by atoms with van der Waals surface area (Å²) in [5, 5.41) is 2.44. The minimum absolute atomic E-state index is 0.0299. The summed E-state index contributed by atoms with van der Waals surface area (Å²) in [4.78, 5) is 42.4. The van der Waals surface area contributed by atoms with Crippen molar-refractivity contribution in [1.82, 2.24) is 15.3 Å². The predicted molar refractivity (Wildman–Crippen MR) is 99.9 cm³/mol. The lowest BCUT2D eigenvalue weighted by molar-refractivity contribution is 0.0900. The molecule has 3 aromatic rings. The zero-order valence-corrected chi connectivity index (χ0v) is 14.9. The SMILES string of the molecule is COc1ccc(-c2cc(C(=O)NCC(=O)c3ccc(F)cc3)[nH]c(=O)n2)cc1. The second kappa shape index (κ2) is 8.26. The third kappa shape index (κ3) is 4.47. The van der Waals surface area contributed by atoms with Gasteiger partial charge in [0, 0.05) is 11.1 Å². The van der Waals surface area contributed by atoms with Crippen LogP contribution in [-0.4, -0.2) is 35.3 Å². The first-order chi connectivity index (χ1) is 13.5. The fraction of sp³-hybridized carbons (Fsp3) is 0.100. The first-order valence-corrected chi connectivity index (χ1v) is 8.29. The van der Waals surface area contributed by atoms with Crippen LogP contribution < -0.4 is 15.7 Å². The number of rotatable bonds is 6. The molecule has 1 heterocycles. The molecule has 0 aliphatic carbocycles. The number of methoxy groups -OCH3 is 1. The minimum Gasteiger partial charge on any atom is -0.497 e. The topological polar surface area (TPSA) is 101 Å². The smallest absolute Gasteiger partial charge is 0.346 e. The van der Waals surface area contributed by atoms with Crippen molar-refractivity contribution in [2.75, 3.05) is 13.7 Å². The van der Waals surface area contributed by atoms with Gasteiger partial charge in [-0.25, -0.2) is 9.18 Å². The van der Waals surface area contributed by atoms with Gasteiger partial charge in [-0.3, -0.25) is 9.59 Å². The van der Waals surface area contributed by atoms with Gasteiger partial charge in [0.05, 0.1) is 19.3 Å². The molecule has 7 nitrogen and oxygen atoms in total. The third-order valence-electron chi connectivity index (χ3n) is 3.95. The fourth-order valence-corrected chi connectivity index (χ4v) is 2.48. The fourth-order valence-electron chi connectivity index (χ4n) is 2.48. The zero-order chi connectivity index (χ0) is 20.1. The number of H-pyrrole nitrogens is 1. The van der Waals surface area contributed by atoms with Crippen LogP contribution in [0, 0.1) is 5.82 Å². The summed E-state index contributed by atoms with van der Waals surface area (Å²) in [7, 11) is 1.54. The summed E-state index contributed by atoms with van der Waals surface area (Å²) in [6.07, 6.45) is 0. The van der Waals surface area contributed by atoms with Crippen molar-refractivity contribution in [3.05, 3.63) is 82.2 Å². The van der Waals surface area contributed by atoms with E-state index in [0.29, 0.717) is 17.0 Å². The molecule has 0 fully saturated rings. The monoisotopic (exact) mass is 381 g/mol. The highest BCUT2D eigenvalue weighted by atomic mass is 19.1. The Balaban J connectivity index is 1.74. The Morgan fingerprint density at radius 1 is 1.11 bits per heavy atom. The van der Waals surface area contributed by atoms with Gasteiger partial charge in [-0.1, -0.05) is 0 Å². The van der Waals surface area contributed by atoms with E-state index >= 15 is 0 Å². The summed E-state index contributed by atoms with van der Waals surface area (Å²) < 4.78 is 18.0. The van der Waals surface area contributed by atoms with Gasteiger partial charge in [-0.15, -0.1) is 0 Å². The van der Waals surface area contributed by atoms with Gasteiger partial charge in [0.15, 0.2) is 5.78 Å². The lowest BCUT2D eigenvalue weighted by Gasteiger charge is -2.07. The Labute approximate surface area is 159 Å². The van der Waals surface area contributed by atoms with Crippen LogP contribution in [0.4, 0.5) is 4.39 Å². The first-order valence-electron chi connectivity index (χ1n) is 8.29. The standard InChI is InChI=1S/C20H16FN3O4/c1-28-15-8-4-12(5-9-15)16-10-17(24-20(27)23-16)19(26)22-11-18(25)13-2-6-14(21)7-3-13/h2-10H,11H2,1H3,(H,22,26)(H,23,24,27). The second-order valence-corrected chi connectivity index (χ2v) is 5.83. The van der Waals surface area contributed by atoms with E-state index in [4.69, 9.17) is 4.74 Å². The predicted octanol–water partition coefficient (Wildman–Crippen LogP) is 2.20. The number of carbonyl (C=O) groups is 2. The molecule has 2 N–H and O–H groups in total. The molecule has 0 bridgehead atoms. The highest BCUT2D eigenvalue weighted by Crippen LogP contribution is 2.20. The van der Waals surface area contributed by atoms with Crippen molar-refractivity contribution < 1.29 is 18.7 Å². The number of nitrogens with one attached hydrogen (secondary N) is 2. The molecule has 8 heteroatoms. The van der Waals surface area contributed by atoms with Crippen molar-refractivity contribution in [1.29, 1.82) is 0 Å². The van der Waals surface area contributed by atoms with Crippen LogP contribution in [-0.2, 0) is 0 Å². The second-order valence-electron chi connectivity index (χ2n) is 5.83. The molecule has 0 saturated carbocycles. The van der Waals surface area contributed by atoms with Crippen molar-refractivity contribution in [3.8, 4) is 17.0 Å². The molecule has 1 amide bonds. The normalized spacial score (nSPS) is 10.4. The maximum atomic E-state index is 12.9. The number of benzene rings is 2. The zero-order valence-electron chi connectivity index (χ0n) is 14.9. The van der Waals surface area contributed by atoms with Crippen molar-refractivity contribution >= 4 is 11.7 Å². The van der Waals surface area contributed by atoms with Crippen LogP contribution in [0.15, 0.2) is 59.4 Å². The lowest BCUT2D eigenvalue weighted by atomic mass is 10.1. The number of aromatic nitrogens is 2. The molecule has 0 atom stereocenters. The van der Waals surface area contributed by atoms with E-state index in [2.05, 4.69) is 15.3 Å². The molecular weight excluding hydrogens is 365 g/mol. The maximum Gasteiger partial charge on any atom is 0.346 e. The van der Waals surface area contributed by atoms with Crippen LogP contribution in [0.2, 0.25) is 0 Å². The number of Topliss-reactive ketones (excluding diaryl/α,β-unsaturated/α-hetero) is 1. The van der Waals surface area contributed by atoms with Crippen LogP contribution >= 0.6 is 0 Å². The number of ether oxygens (including phenoxy) is 1. The number of nitrogens with zero attached hydrogens (tertiary/aromatic N) is 1. The number of ketones is 1. The van der Waals surface area contributed by atoms with Gasteiger partial charge >= 0.3 is 5.69 Å². The Morgan fingerprint density at radius 3 is 2.43 bits per heavy atom. The average Bonchev–Trinajstić information content (AvgIpc) is 2.72. The van der Waals surface area contributed by atoms with Crippen molar-refractivity contribution in [2.24, 2.45) is 0 Å². The van der Waals surface area contributed by atoms with E-state index in [1.807, 2.05) is 0 Å². The summed E-state index contributed by atoms with van der Waals surface area (Å²) in [5.74, 6) is -0.836. The van der Waals surface area contributed by atoms with Gasteiger partial charge in [0.25, 0.3) is 5.91 Å². The van der Waals surface area contributed by atoms with E-state index in [1.54, 1.807) is 24.3 Å². The maximum absolute atomic E-state index is 12.9. The van der Waals surface area contributed by atoms with E-state index in [-0.39, 0.29) is 23.6 Å². The van der Waals surface area contributed by atoms with Crippen molar-refractivity contribution in [2.45, 2.75) is 0 Å². The molecule has 28 heavy (non-hydrogen) atoms. The molecule has 0 radical (unpaired) electrons. The van der Waals surface area contributed by atoms with E-state index in [1.165, 1.54) is 25.3 Å². The van der Waals surface area contributed by atoms with Gasteiger partial charge < -0.3 is 15.0 Å². The molecular formula is C20H16FN3O4. The summed E-state index contributed by atoms with van der Waals surface area (Å²) in [5.41, 5.74) is 0.481. The van der Waals surface area contributed by atoms with Crippen LogP contribution in [0.25, 0.3) is 11.3 Å². The molecule has 142 valence electrons. The Bertz CT molecular complexity index is 1060. The van der Waals surface area contributed by atoms with E-state index in [9.17, 15) is 18.8 Å². The average molecular weight is 381 g/mol. The minimum atomic E-state index is -0.691. The van der Waals surface area contributed by atoms with Gasteiger partial charge in [0.2, 0.25) is 0 Å². The van der Waals surface area contributed by atoms with E-state index in [0.717, 1.165) is 12.1 Å². The molecule has 0 aliphatic rings. The number of halogens is 1. The highest BCUT2D eigenvalue weighted by molar-refractivity contribution is 6.01. The van der Waals surface area contributed by atoms with E-state index < -0.39 is 17.4 Å². The van der Waals surface area contributed by atoms with Crippen LogP contribution in [0.3, 0.4) is 0 Å². The Hall–Kier alpha value is -3.81. The molecule has 0 unspecified atom stereocenters. The summed E-state index contributed by atoms with van der Waals surface area (Å²) in [6.45, 7) is -0.299. The molecule has 0 saturated heterocycles. The summed E-state index contributed by atoms with van der Waals surface area (Å²) >= 11 is 0. The largest absolute Gasteiger partial charge is 0.497 e.